The highest BCUT2D eigenvalue weighted by atomic mass is 16.5. The summed E-state index contributed by atoms with van der Waals surface area (Å²) >= 11 is 0. The van der Waals surface area contributed by atoms with Gasteiger partial charge in [0.25, 0.3) is 0 Å². The average Bonchev–Trinajstić information content (AvgIpc) is 2.43. The molecule has 3 nitrogen and oxygen atoms in total. The van der Waals surface area contributed by atoms with Crippen LogP contribution in [0.4, 0.5) is 0 Å². The zero-order valence-electron chi connectivity index (χ0n) is 11.4. The SMILES string of the molecule is COCC#CC1(O)CCN(Cc2ccccc2)CC1. The van der Waals surface area contributed by atoms with E-state index in [1.165, 1.54) is 5.56 Å². The fourth-order valence-corrected chi connectivity index (χ4v) is 2.32. The van der Waals surface area contributed by atoms with Gasteiger partial charge in [-0.2, -0.15) is 0 Å². The molecule has 1 N–H and O–H groups in total. The summed E-state index contributed by atoms with van der Waals surface area (Å²) in [6.07, 6.45) is 1.41. The number of ether oxygens (including phenoxy) is 1. The van der Waals surface area contributed by atoms with Crippen LogP contribution >= 0.6 is 0 Å². The van der Waals surface area contributed by atoms with E-state index in [-0.39, 0.29) is 0 Å². The number of methoxy groups -OCH3 is 1. The molecule has 0 atom stereocenters. The molecule has 0 saturated carbocycles. The molecule has 1 saturated heterocycles. The summed E-state index contributed by atoms with van der Waals surface area (Å²) < 4.78 is 4.88. The highest BCUT2D eigenvalue weighted by Crippen LogP contribution is 2.22. The Morgan fingerprint density at radius 2 is 1.95 bits per heavy atom. The first-order valence-electron chi connectivity index (χ1n) is 6.69. The van der Waals surface area contributed by atoms with E-state index in [1.807, 2.05) is 6.07 Å². The summed E-state index contributed by atoms with van der Waals surface area (Å²) in [5.74, 6) is 5.81. The zero-order valence-corrected chi connectivity index (χ0v) is 11.4. The quantitative estimate of drug-likeness (QED) is 0.838. The van der Waals surface area contributed by atoms with E-state index in [1.54, 1.807) is 7.11 Å². The van der Waals surface area contributed by atoms with Crippen molar-refractivity contribution in [1.29, 1.82) is 0 Å². The Kier molecular flexibility index (Phi) is 4.98. The second-order valence-corrected chi connectivity index (χ2v) is 5.03. The molecule has 1 aromatic rings. The second kappa shape index (κ2) is 6.72. The van der Waals surface area contributed by atoms with E-state index >= 15 is 0 Å². The van der Waals surface area contributed by atoms with E-state index in [2.05, 4.69) is 41.0 Å². The van der Waals surface area contributed by atoms with E-state index in [0.29, 0.717) is 19.4 Å². The third kappa shape index (κ3) is 4.36. The predicted molar refractivity (Wildman–Crippen MR) is 75.6 cm³/mol. The number of nitrogens with zero attached hydrogens (tertiary/aromatic N) is 1. The van der Waals surface area contributed by atoms with Gasteiger partial charge in [0.05, 0.1) is 0 Å². The van der Waals surface area contributed by atoms with Crippen molar-refractivity contribution in [1.82, 2.24) is 4.90 Å². The van der Waals surface area contributed by atoms with Crippen LogP contribution in [-0.2, 0) is 11.3 Å². The van der Waals surface area contributed by atoms with Crippen LogP contribution in [0.25, 0.3) is 0 Å². The maximum atomic E-state index is 10.3. The molecular weight excluding hydrogens is 238 g/mol. The molecule has 0 amide bonds. The smallest absolute Gasteiger partial charge is 0.128 e. The molecule has 102 valence electrons. The Morgan fingerprint density at radius 1 is 1.26 bits per heavy atom. The molecule has 19 heavy (non-hydrogen) atoms. The molecule has 1 aliphatic rings. The first kappa shape index (κ1) is 14.1. The normalized spacial score (nSPS) is 18.6. The summed E-state index contributed by atoms with van der Waals surface area (Å²) in [5, 5.41) is 10.3. The van der Waals surface area contributed by atoms with Crippen LogP contribution in [0.15, 0.2) is 30.3 Å². The molecule has 0 aliphatic carbocycles. The molecular formula is C16H21NO2. The Labute approximate surface area is 115 Å². The number of benzene rings is 1. The minimum Gasteiger partial charge on any atom is -0.378 e. The molecule has 0 spiro atoms. The number of rotatable bonds is 3. The highest BCUT2D eigenvalue weighted by Gasteiger charge is 2.30. The molecule has 1 aliphatic heterocycles. The third-order valence-corrected chi connectivity index (χ3v) is 3.47. The van der Waals surface area contributed by atoms with Gasteiger partial charge in [0.2, 0.25) is 0 Å². The Bertz CT molecular complexity index is 439. The van der Waals surface area contributed by atoms with Crippen molar-refractivity contribution in [3.8, 4) is 11.8 Å². The number of piperidine rings is 1. The van der Waals surface area contributed by atoms with Crippen LogP contribution in [0.1, 0.15) is 18.4 Å². The largest absolute Gasteiger partial charge is 0.378 e. The van der Waals surface area contributed by atoms with Crippen LogP contribution in [0, 0.1) is 11.8 Å². The van der Waals surface area contributed by atoms with Gasteiger partial charge in [0.15, 0.2) is 0 Å². The Morgan fingerprint density at radius 3 is 2.58 bits per heavy atom. The molecule has 2 rings (SSSR count). The molecule has 1 aromatic carbocycles. The van der Waals surface area contributed by atoms with Gasteiger partial charge in [0.1, 0.15) is 12.2 Å². The van der Waals surface area contributed by atoms with Gasteiger partial charge in [-0.25, -0.2) is 0 Å². The van der Waals surface area contributed by atoms with E-state index in [9.17, 15) is 5.11 Å². The van der Waals surface area contributed by atoms with Crippen molar-refractivity contribution in [3.05, 3.63) is 35.9 Å². The lowest BCUT2D eigenvalue weighted by Gasteiger charge is -2.35. The molecule has 0 bridgehead atoms. The summed E-state index contributed by atoms with van der Waals surface area (Å²) in [6.45, 7) is 3.10. The molecule has 0 radical (unpaired) electrons. The third-order valence-electron chi connectivity index (χ3n) is 3.47. The molecule has 0 aromatic heterocycles. The maximum Gasteiger partial charge on any atom is 0.128 e. The van der Waals surface area contributed by atoms with Gasteiger partial charge in [-0.3, -0.25) is 4.90 Å². The monoisotopic (exact) mass is 259 g/mol. The van der Waals surface area contributed by atoms with Crippen molar-refractivity contribution >= 4 is 0 Å². The van der Waals surface area contributed by atoms with Crippen molar-refractivity contribution in [2.24, 2.45) is 0 Å². The summed E-state index contributed by atoms with van der Waals surface area (Å²) in [4.78, 5) is 2.36. The van der Waals surface area contributed by atoms with Gasteiger partial charge in [-0.1, -0.05) is 42.2 Å². The van der Waals surface area contributed by atoms with Gasteiger partial charge in [0, 0.05) is 39.6 Å². The van der Waals surface area contributed by atoms with Gasteiger partial charge in [-0.05, 0) is 5.56 Å². The Hall–Kier alpha value is -1.34. The summed E-state index contributed by atoms with van der Waals surface area (Å²) in [6, 6.07) is 10.4. The average molecular weight is 259 g/mol. The van der Waals surface area contributed by atoms with Crippen molar-refractivity contribution < 1.29 is 9.84 Å². The highest BCUT2D eigenvalue weighted by molar-refractivity contribution is 5.17. The van der Waals surface area contributed by atoms with Gasteiger partial charge >= 0.3 is 0 Å². The molecule has 1 fully saturated rings. The second-order valence-electron chi connectivity index (χ2n) is 5.03. The Balaban J connectivity index is 1.84. The van der Waals surface area contributed by atoms with Crippen molar-refractivity contribution in [2.75, 3.05) is 26.8 Å². The van der Waals surface area contributed by atoms with Crippen LogP contribution in [0.2, 0.25) is 0 Å². The lowest BCUT2D eigenvalue weighted by atomic mass is 9.92. The summed E-state index contributed by atoms with van der Waals surface area (Å²) in [5.41, 5.74) is 0.490. The minimum atomic E-state index is -0.828. The lowest BCUT2D eigenvalue weighted by Crippen LogP contribution is -2.43. The van der Waals surface area contributed by atoms with Gasteiger partial charge in [-0.15, -0.1) is 0 Å². The molecule has 0 unspecified atom stereocenters. The zero-order chi connectivity index (χ0) is 13.6. The van der Waals surface area contributed by atoms with E-state index < -0.39 is 5.60 Å². The number of likely N-dealkylation sites (tertiary alicyclic amines) is 1. The van der Waals surface area contributed by atoms with Crippen LogP contribution in [-0.4, -0.2) is 42.4 Å². The topological polar surface area (TPSA) is 32.7 Å². The first-order chi connectivity index (χ1) is 9.22. The standard InChI is InChI=1S/C16H21NO2/c1-19-13-5-8-16(18)9-11-17(12-10-16)14-15-6-3-2-4-7-15/h2-4,6-7,18H,9-14H2,1H3. The summed E-state index contributed by atoms with van der Waals surface area (Å²) in [7, 11) is 1.61. The lowest BCUT2D eigenvalue weighted by molar-refractivity contribution is 0.0244. The van der Waals surface area contributed by atoms with Crippen LogP contribution in [0.5, 0.6) is 0 Å². The van der Waals surface area contributed by atoms with Gasteiger partial charge < -0.3 is 9.84 Å². The van der Waals surface area contributed by atoms with Crippen LogP contribution in [0.3, 0.4) is 0 Å². The molecule has 3 heteroatoms. The fourth-order valence-electron chi connectivity index (χ4n) is 2.32. The first-order valence-corrected chi connectivity index (χ1v) is 6.69. The van der Waals surface area contributed by atoms with E-state index in [4.69, 9.17) is 4.74 Å². The minimum absolute atomic E-state index is 0.385. The van der Waals surface area contributed by atoms with Crippen molar-refractivity contribution in [2.45, 2.75) is 25.0 Å². The van der Waals surface area contributed by atoms with E-state index in [0.717, 1.165) is 19.6 Å². The fraction of sp³-hybridized carbons (Fsp3) is 0.500. The number of aliphatic hydroxyl groups is 1. The van der Waals surface area contributed by atoms with Crippen LogP contribution < -0.4 is 0 Å². The molecule has 1 heterocycles. The maximum absolute atomic E-state index is 10.3. The predicted octanol–water partition coefficient (Wildman–Crippen LogP) is 1.66. The number of hydrogen-bond donors (Lipinski definition) is 1. The van der Waals surface area contributed by atoms with Crippen molar-refractivity contribution in [3.63, 3.8) is 0 Å². The number of hydrogen-bond acceptors (Lipinski definition) is 3.